The second-order valence-electron chi connectivity index (χ2n) is 2.23. The van der Waals surface area contributed by atoms with Crippen LogP contribution in [0, 0.1) is 6.92 Å². The van der Waals surface area contributed by atoms with Crippen LogP contribution < -0.4 is 11.6 Å². The van der Waals surface area contributed by atoms with Gasteiger partial charge in [0.2, 0.25) is 0 Å². The number of aryl methyl sites for hydroxylation is 1. The summed E-state index contributed by atoms with van der Waals surface area (Å²) in [4.78, 5) is 3.97. The number of nitrogens with two attached hydrogens (primary N) is 2. The van der Waals surface area contributed by atoms with Crippen LogP contribution >= 0.6 is 0 Å². The molecule has 0 radical (unpaired) electrons. The normalized spacial score (nSPS) is 11.5. The molecule has 4 nitrogen and oxygen atoms in total. The highest BCUT2D eigenvalue weighted by molar-refractivity contribution is 5.95. The summed E-state index contributed by atoms with van der Waals surface area (Å²) >= 11 is 0. The van der Waals surface area contributed by atoms with Gasteiger partial charge in [0.25, 0.3) is 0 Å². The smallest absolute Gasteiger partial charge is 0.168 e. The molecule has 4 N–H and O–H groups in total. The van der Waals surface area contributed by atoms with Crippen molar-refractivity contribution in [2.45, 2.75) is 6.92 Å². The largest absolute Gasteiger partial charge is 0.380 e. The molecular formula is C7H10N4. The van der Waals surface area contributed by atoms with Gasteiger partial charge in [-0.25, -0.2) is 0 Å². The van der Waals surface area contributed by atoms with Crippen molar-refractivity contribution >= 4 is 5.84 Å². The predicted octanol–water partition coefficient (Wildman–Crippen LogP) is -0.0310. The standard InChI is InChI=1S/C7H10N4/c1-5-2-3-10-6(4-5)7(8)11-9/h2-4H,9H2,1H3,(H2,8,11). The molecule has 1 rings (SSSR count). The molecule has 0 amide bonds. The molecule has 0 aliphatic rings. The maximum atomic E-state index is 5.43. The number of rotatable bonds is 1. The summed E-state index contributed by atoms with van der Waals surface area (Å²) in [5.41, 5.74) is 7.13. The number of hydrogen-bond donors (Lipinski definition) is 2. The maximum absolute atomic E-state index is 5.43. The van der Waals surface area contributed by atoms with E-state index in [0.29, 0.717) is 5.69 Å². The summed E-state index contributed by atoms with van der Waals surface area (Å²) in [5, 5.41) is 3.33. The van der Waals surface area contributed by atoms with E-state index in [1.54, 1.807) is 6.20 Å². The number of nitrogens with zero attached hydrogens (tertiary/aromatic N) is 2. The van der Waals surface area contributed by atoms with Crippen LogP contribution in [0.4, 0.5) is 0 Å². The minimum atomic E-state index is 0.258. The van der Waals surface area contributed by atoms with Crippen LogP contribution in [0.1, 0.15) is 11.3 Å². The lowest BCUT2D eigenvalue weighted by molar-refractivity contribution is 1.18. The molecule has 0 saturated carbocycles. The molecule has 0 saturated heterocycles. The summed E-state index contributed by atoms with van der Waals surface area (Å²) in [7, 11) is 0. The van der Waals surface area contributed by atoms with Crippen LogP contribution in [0.5, 0.6) is 0 Å². The van der Waals surface area contributed by atoms with Gasteiger partial charge < -0.3 is 11.6 Å². The van der Waals surface area contributed by atoms with Gasteiger partial charge in [-0.3, -0.25) is 4.98 Å². The fraction of sp³-hybridized carbons (Fsp3) is 0.143. The second-order valence-corrected chi connectivity index (χ2v) is 2.23. The van der Waals surface area contributed by atoms with Crippen molar-refractivity contribution in [3.8, 4) is 0 Å². The van der Waals surface area contributed by atoms with Gasteiger partial charge in [-0.2, -0.15) is 5.10 Å². The van der Waals surface area contributed by atoms with Crippen molar-refractivity contribution in [1.82, 2.24) is 4.98 Å². The lowest BCUT2D eigenvalue weighted by atomic mass is 10.2. The molecule has 0 bridgehead atoms. The lowest BCUT2D eigenvalue weighted by Gasteiger charge is -1.97. The number of hydrazone groups is 1. The van der Waals surface area contributed by atoms with Crippen LogP contribution in [-0.4, -0.2) is 10.8 Å². The quantitative estimate of drug-likeness (QED) is 0.255. The first-order valence-electron chi connectivity index (χ1n) is 3.20. The van der Waals surface area contributed by atoms with E-state index in [4.69, 9.17) is 11.6 Å². The van der Waals surface area contributed by atoms with Crippen molar-refractivity contribution in [2.75, 3.05) is 0 Å². The molecule has 11 heavy (non-hydrogen) atoms. The minimum Gasteiger partial charge on any atom is -0.380 e. The van der Waals surface area contributed by atoms with Gasteiger partial charge in [-0.05, 0) is 24.6 Å². The van der Waals surface area contributed by atoms with Crippen LogP contribution in [0.15, 0.2) is 23.4 Å². The van der Waals surface area contributed by atoms with Gasteiger partial charge in [0.05, 0.1) is 0 Å². The molecular weight excluding hydrogens is 140 g/mol. The highest BCUT2D eigenvalue weighted by Gasteiger charge is 1.97. The van der Waals surface area contributed by atoms with Crippen LogP contribution in [0.25, 0.3) is 0 Å². The monoisotopic (exact) mass is 150 g/mol. The fourth-order valence-electron chi connectivity index (χ4n) is 0.742. The van der Waals surface area contributed by atoms with Crippen molar-refractivity contribution in [1.29, 1.82) is 0 Å². The number of hydrogen-bond acceptors (Lipinski definition) is 3. The van der Waals surface area contributed by atoms with E-state index in [1.165, 1.54) is 0 Å². The van der Waals surface area contributed by atoms with Gasteiger partial charge in [-0.1, -0.05) is 0 Å². The molecule has 4 heteroatoms. The SMILES string of the molecule is Cc1ccnc(/C(N)=N/N)c1. The molecule has 0 spiro atoms. The van der Waals surface area contributed by atoms with Crippen molar-refractivity contribution in [3.63, 3.8) is 0 Å². The van der Waals surface area contributed by atoms with E-state index >= 15 is 0 Å². The summed E-state index contributed by atoms with van der Waals surface area (Å²) in [6, 6.07) is 3.71. The zero-order chi connectivity index (χ0) is 8.27. The Kier molecular flexibility index (Phi) is 2.06. The molecule has 0 unspecified atom stereocenters. The van der Waals surface area contributed by atoms with E-state index in [1.807, 2.05) is 19.1 Å². The Hall–Kier alpha value is -1.58. The number of pyridine rings is 1. The average molecular weight is 150 g/mol. The molecule has 0 aliphatic carbocycles. The zero-order valence-electron chi connectivity index (χ0n) is 6.28. The summed E-state index contributed by atoms with van der Waals surface area (Å²) in [5.74, 6) is 5.24. The molecule has 0 atom stereocenters. The van der Waals surface area contributed by atoms with Gasteiger partial charge >= 0.3 is 0 Å². The van der Waals surface area contributed by atoms with E-state index < -0.39 is 0 Å². The van der Waals surface area contributed by atoms with Gasteiger partial charge in [0.1, 0.15) is 5.69 Å². The minimum absolute atomic E-state index is 0.258. The Labute approximate surface area is 64.9 Å². The molecule has 0 aliphatic heterocycles. The van der Waals surface area contributed by atoms with Gasteiger partial charge in [0.15, 0.2) is 5.84 Å². The Balaban J connectivity index is 3.06. The topological polar surface area (TPSA) is 77.3 Å². The van der Waals surface area contributed by atoms with Gasteiger partial charge in [0, 0.05) is 6.20 Å². The third kappa shape index (κ3) is 1.67. The Morgan fingerprint density at radius 3 is 2.91 bits per heavy atom. The summed E-state index contributed by atoms with van der Waals surface area (Å²) < 4.78 is 0. The maximum Gasteiger partial charge on any atom is 0.168 e. The first-order valence-corrected chi connectivity index (χ1v) is 3.20. The van der Waals surface area contributed by atoms with E-state index in [0.717, 1.165) is 5.56 Å². The molecule has 1 heterocycles. The van der Waals surface area contributed by atoms with E-state index in [-0.39, 0.29) is 5.84 Å². The molecule has 0 aromatic carbocycles. The van der Waals surface area contributed by atoms with Crippen molar-refractivity contribution < 1.29 is 0 Å². The van der Waals surface area contributed by atoms with Crippen LogP contribution in [-0.2, 0) is 0 Å². The molecule has 1 aromatic rings. The number of amidine groups is 1. The van der Waals surface area contributed by atoms with Crippen molar-refractivity contribution in [2.24, 2.45) is 16.7 Å². The Morgan fingerprint density at radius 2 is 2.36 bits per heavy atom. The second kappa shape index (κ2) is 3.01. The van der Waals surface area contributed by atoms with Gasteiger partial charge in [-0.15, -0.1) is 0 Å². The Morgan fingerprint density at radius 1 is 1.64 bits per heavy atom. The first-order chi connectivity index (χ1) is 5.24. The fourth-order valence-corrected chi connectivity index (χ4v) is 0.742. The third-order valence-electron chi connectivity index (χ3n) is 1.32. The first kappa shape index (κ1) is 7.53. The molecule has 1 aromatic heterocycles. The summed E-state index contributed by atoms with van der Waals surface area (Å²) in [6.45, 7) is 1.95. The predicted molar refractivity (Wildman–Crippen MR) is 43.9 cm³/mol. The highest BCUT2D eigenvalue weighted by Crippen LogP contribution is 1.98. The van der Waals surface area contributed by atoms with Crippen molar-refractivity contribution in [3.05, 3.63) is 29.6 Å². The molecule has 0 fully saturated rings. The highest BCUT2D eigenvalue weighted by atomic mass is 15.2. The molecule has 58 valence electrons. The summed E-state index contributed by atoms with van der Waals surface area (Å²) in [6.07, 6.45) is 1.67. The third-order valence-corrected chi connectivity index (χ3v) is 1.32. The van der Waals surface area contributed by atoms with Crippen LogP contribution in [0.3, 0.4) is 0 Å². The number of aromatic nitrogens is 1. The van der Waals surface area contributed by atoms with E-state index in [2.05, 4.69) is 10.1 Å². The zero-order valence-corrected chi connectivity index (χ0v) is 6.28. The lowest BCUT2D eigenvalue weighted by Crippen LogP contribution is -2.16. The average Bonchev–Trinajstić information content (AvgIpc) is 2.03. The van der Waals surface area contributed by atoms with Crippen LogP contribution in [0.2, 0.25) is 0 Å². The Bertz CT molecular complexity index is 280. The van der Waals surface area contributed by atoms with E-state index in [9.17, 15) is 0 Å².